The first kappa shape index (κ1) is 20.5. The zero-order valence-electron chi connectivity index (χ0n) is 14.6. The van der Waals surface area contributed by atoms with E-state index in [4.69, 9.17) is 16.3 Å². The van der Waals surface area contributed by atoms with Crippen LogP contribution in [0.4, 0.5) is 4.79 Å². The van der Waals surface area contributed by atoms with Crippen molar-refractivity contribution in [1.82, 2.24) is 14.5 Å². The van der Waals surface area contributed by atoms with E-state index in [9.17, 15) is 18.0 Å². The summed E-state index contributed by atoms with van der Waals surface area (Å²) in [5, 5.41) is 0.424. The molecule has 1 heterocycles. The summed E-state index contributed by atoms with van der Waals surface area (Å²) in [7, 11) is -3.83. The lowest BCUT2D eigenvalue weighted by Gasteiger charge is -2.35. The average molecular weight is 404 g/mol. The van der Waals surface area contributed by atoms with E-state index in [0.717, 1.165) is 0 Å². The number of rotatable bonds is 5. The molecule has 10 heteroatoms. The highest BCUT2D eigenvalue weighted by Crippen LogP contribution is 2.15. The van der Waals surface area contributed by atoms with Crippen LogP contribution in [-0.4, -0.2) is 69.0 Å². The third kappa shape index (κ3) is 5.09. The summed E-state index contributed by atoms with van der Waals surface area (Å²) in [6, 6.07) is 4.76. The molecule has 1 atom stereocenters. The van der Waals surface area contributed by atoms with Crippen LogP contribution in [-0.2, 0) is 19.6 Å². The summed E-state index contributed by atoms with van der Waals surface area (Å²) in [5.41, 5.74) is 0. The molecule has 2 amide bonds. The van der Waals surface area contributed by atoms with Gasteiger partial charge in [0, 0.05) is 31.2 Å². The van der Waals surface area contributed by atoms with Crippen LogP contribution < -0.4 is 4.72 Å². The number of nitrogens with one attached hydrogen (secondary N) is 1. The first-order chi connectivity index (χ1) is 12.2. The summed E-state index contributed by atoms with van der Waals surface area (Å²) in [6.07, 6.45) is -0.406. The van der Waals surface area contributed by atoms with E-state index in [0.29, 0.717) is 37.8 Å². The molecule has 1 fully saturated rings. The second kappa shape index (κ2) is 8.70. The molecule has 8 nitrogen and oxygen atoms in total. The van der Waals surface area contributed by atoms with Crippen molar-refractivity contribution in [3.05, 3.63) is 29.3 Å². The molecule has 1 aromatic carbocycles. The minimum atomic E-state index is -3.83. The van der Waals surface area contributed by atoms with Crippen molar-refractivity contribution in [2.45, 2.75) is 24.8 Å². The van der Waals surface area contributed by atoms with Gasteiger partial charge in [0.1, 0.15) is 0 Å². The van der Waals surface area contributed by atoms with Crippen LogP contribution in [0.15, 0.2) is 29.2 Å². The summed E-state index contributed by atoms with van der Waals surface area (Å²) < 4.78 is 32.0. The van der Waals surface area contributed by atoms with Crippen LogP contribution in [0.25, 0.3) is 0 Å². The van der Waals surface area contributed by atoms with Gasteiger partial charge in [0.2, 0.25) is 15.9 Å². The Morgan fingerprint density at radius 1 is 1.15 bits per heavy atom. The maximum absolute atomic E-state index is 12.5. The number of nitrogens with zero attached hydrogens (tertiary/aromatic N) is 2. The molecule has 1 N–H and O–H groups in total. The normalized spacial score (nSPS) is 16.3. The summed E-state index contributed by atoms with van der Waals surface area (Å²) in [5.74, 6) is -0.342. The van der Waals surface area contributed by atoms with Gasteiger partial charge in [-0.25, -0.2) is 13.2 Å². The molecule has 1 aromatic rings. The summed E-state index contributed by atoms with van der Waals surface area (Å²) in [4.78, 5) is 27.3. The van der Waals surface area contributed by atoms with Crippen LogP contribution in [0, 0.1) is 0 Å². The predicted molar refractivity (Wildman–Crippen MR) is 96.4 cm³/mol. The Bertz CT molecular complexity index is 746. The SMILES string of the molecule is CCOC(=O)N1CCN(C(=O)[C@@H](C)NS(=O)(=O)c2ccc(Cl)cc2)CC1. The Hall–Kier alpha value is -1.84. The van der Waals surface area contributed by atoms with Crippen LogP contribution in [0.2, 0.25) is 5.02 Å². The molecule has 0 aliphatic carbocycles. The number of piperazine rings is 1. The fourth-order valence-corrected chi connectivity index (χ4v) is 3.89. The zero-order valence-corrected chi connectivity index (χ0v) is 16.2. The zero-order chi connectivity index (χ0) is 19.3. The molecule has 1 aliphatic heterocycles. The fraction of sp³-hybridized carbons (Fsp3) is 0.500. The van der Waals surface area contributed by atoms with E-state index in [1.807, 2.05) is 0 Å². The standard InChI is InChI=1S/C16H22ClN3O5S/c1-3-25-16(22)20-10-8-19(9-11-20)15(21)12(2)18-26(23,24)14-6-4-13(17)5-7-14/h4-7,12,18H,3,8-11H2,1-2H3/t12-/m1/s1. The molecule has 26 heavy (non-hydrogen) atoms. The summed E-state index contributed by atoms with van der Waals surface area (Å²) >= 11 is 5.76. The van der Waals surface area contributed by atoms with Gasteiger partial charge in [-0.1, -0.05) is 11.6 Å². The Balaban J connectivity index is 1.93. The van der Waals surface area contributed by atoms with E-state index in [1.165, 1.54) is 41.0 Å². The van der Waals surface area contributed by atoms with Crippen molar-refractivity contribution in [2.75, 3.05) is 32.8 Å². The topological polar surface area (TPSA) is 96.0 Å². The number of halogens is 1. The van der Waals surface area contributed by atoms with Crippen molar-refractivity contribution in [3.63, 3.8) is 0 Å². The van der Waals surface area contributed by atoms with Crippen molar-refractivity contribution in [1.29, 1.82) is 0 Å². The molecule has 1 saturated heterocycles. The number of benzene rings is 1. The highest BCUT2D eigenvalue weighted by molar-refractivity contribution is 7.89. The number of ether oxygens (including phenoxy) is 1. The maximum Gasteiger partial charge on any atom is 0.409 e. The Morgan fingerprint density at radius 3 is 2.23 bits per heavy atom. The minimum absolute atomic E-state index is 0.0358. The van der Waals surface area contributed by atoms with Crippen molar-refractivity contribution in [3.8, 4) is 0 Å². The van der Waals surface area contributed by atoms with Gasteiger partial charge in [-0.05, 0) is 38.1 Å². The first-order valence-electron chi connectivity index (χ1n) is 8.23. The molecular formula is C16H22ClN3O5S. The predicted octanol–water partition coefficient (Wildman–Crippen LogP) is 1.31. The van der Waals surface area contributed by atoms with Gasteiger partial charge in [0.15, 0.2) is 0 Å². The van der Waals surface area contributed by atoms with E-state index < -0.39 is 22.2 Å². The van der Waals surface area contributed by atoms with Gasteiger partial charge < -0.3 is 14.5 Å². The molecule has 0 aromatic heterocycles. The molecule has 0 saturated carbocycles. The number of hydrogen-bond acceptors (Lipinski definition) is 5. The fourth-order valence-electron chi connectivity index (χ4n) is 2.56. The lowest BCUT2D eigenvalue weighted by atomic mass is 10.2. The third-order valence-corrected chi connectivity index (χ3v) is 5.75. The van der Waals surface area contributed by atoms with Gasteiger partial charge >= 0.3 is 6.09 Å². The molecule has 2 rings (SSSR count). The maximum atomic E-state index is 12.5. The van der Waals surface area contributed by atoms with E-state index in [-0.39, 0.29) is 10.8 Å². The van der Waals surface area contributed by atoms with Gasteiger partial charge in [-0.2, -0.15) is 4.72 Å². The lowest BCUT2D eigenvalue weighted by Crippen LogP contribution is -2.55. The number of amides is 2. The Labute approximate surface area is 158 Å². The van der Waals surface area contributed by atoms with Crippen LogP contribution >= 0.6 is 11.6 Å². The first-order valence-corrected chi connectivity index (χ1v) is 10.1. The van der Waals surface area contributed by atoms with E-state index in [2.05, 4.69) is 4.72 Å². The molecular weight excluding hydrogens is 382 g/mol. The smallest absolute Gasteiger partial charge is 0.409 e. The van der Waals surface area contributed by atoms with Crippen LogP contribution in [0.3, 0.4) is 0 Å². The molecule has 1 aliphatic rings. The van der Waals surface area contributed by atoms with Crippen molar-refractivity contribution in [2.24, 2.45) is 0 Å². The van der Waals surface area contributed by atoms with E-state index >= 15 is 0 Å². The minimum Gasteiger partial charge on any atom is -0.450 e. The lowest BCUT2D eigenvalue weighted by molar-refractivity contribution is -0.134. The molecule has 0 spiro atoms. The number of hydrogen-bond donors (Lipinski definition) is 1. The number of sulfonamides is 1. The second-order valence-corrected chi connectivity index (χ2v) is 7.96. The Kier molecular flexibility index (Phi) is 6.85. The van der Waals surface area contributed by atoms with E-state index in [1.54, 1.807) is 6.92 Å². The van der Waals surface area contributed by atoms with Gasteiger partial charge in [0.05, 0.1) is 17.5 Å². The highest BCUT2D eigenvalue weighted by Gasteiger charge is 2.29. The molecule has 0 radical (unpaired) electrons. The largest absolute Gasteiger partial charge is 0.450 e. The number of carbonyl (C=O) groups is 2. The van der Waals surface area contributed by atoms with Gasteiger partial charge in [-0.15, -0.1) is 0 Å². The summed E-state index contributed by atoms with van der Waals surface area (Å²) in [6.45, 7) is 4.86. The molecule has 0 unspecified atom stereocenters. The van der Waals surface area contributed by atoms with Crippen molar-refractivity contribution >= 4 is 33.6 Å². The third-order valence-electron chi connectivity index (χ3n) is 3.94. The second-order valence-electron chi connectivity index (χ2n) is 5.81. The molecule has 0 bridgehead atoms. The van der Waals surface area contributed by atoms with Gasteiger partial charge in [-0.3, -0.25) is 4.79 Å². The quantitative estimate of drug-likeness (QED) is 0.799. The molecule has 144 valence electrons. The van der Waals surface area contributed by atoms with Crippen molar-refractivity contribution < 1.29 is 22.7 Å². The number of carbonyl (C=O) groups excluding carboxylic acids is 2. The highest BCUT2D eigenvalue weighted by atomic mass is 35.5. The monoisotopic (exact) mass is 403 g/mol. The van der Waals surface area contributed by atoms with Crippen LogP contribution in [0.5, 0.6) is 0 Å². The average Bonchev–Trinajstić information content (AvgIpc) is 2.61. The Morgan fingerprint density at radius 2 is 1.69 bits per heavy atom. The van der Waals surface area contributed by atoms with Gasteiger partial charge in [0.25, 0.3) is 0 Å². The van der Waals surface area contributed by atoms with Crippen LogP contribution in [0.1, 0.15) is 13.8 Å².